The van der Waals surface area contributed by atoms with Crippen LogP contribution >= 0.6 is 0 Å². The van der Waals surface area contributed by atoms with E-state index in [9.17, 15) is 19.2 Å². The normalized spacial score (nSPS) is 38.6. The summed E-state index contributed by atoms with van der Waals surface area (Å²) in [5, 5.41) is 25.6. The molecule has 4 bridgehead atoms. The number of aromatic nitrogens is 1. The van der Waals surface area contributed by atoms with Gasteiger partial charge in [-0.15, -0.1) is 0 Å². The summed E-state index contributed by atoms with van der Waals surface area (Å²) in [5.41, 5.74) is -1.12. The van der Waals surface area contributed by atoms with Crippen LogP contribution in [0.5, 0.6) is 0 Å². The number of para-hydroxylation sites is 1. The van der Waals surface area contributed by atoms with Crippen molar-refractivity contribution in [3.05, 3.63) is 36.5 Å². The van der Waals surface area contributed by atoms with Crippen LogP contribution in [0.2, 0.25) is 0 Å². The number of aliphatic hydroxyl groups excluding tert-OH is 1. The summed E-state index contributed by atoms with van der Waals surface area (Å²) in [6.07, 6.45) is 7.32. The second-order valence-corrected chi connectivity index (χ2v) is 12.0. The highest BCUT2D eigenvalue weighted by atomic mass is 32.2. The van der Waals surface area contributed by atoms with Gasteiger partial charge < -0.3 is 15.5 Å². The Balaban J connectivity index is 1.28. The zero-order valence-corrected chi connectivity index (χ0v) is 19.5. The summed E-state index contributed by atoms with van der Waals surface area (Å²) in [6, 6.07) is 9.37. The van der Waals surface area contributed by atoms with E-state index in [1.807, 2.05) is 24.3 Å². The second-order valence-electron chi connectivity index (χ2n) is 10.7. The number of amides is 1. The Kier molecular flexibility index (Phi) is 5.14. The number of pyridine rings is 1. The SMILES string of the molecule is O=C(NC1C2CC3CC1CC(O)(C3)C2)C1(CO)CCCN1S(=O)c1cccc2cccnc12. The van der Waals surface area contributed by atoms with Crippen LogP contribution in [0.25, 0.3) is 10.9 Å². The first-order valence-electron chi connectivity index (χ1n) is 12.1. The quantitative estimate of drug-likeness (QED) is 0.623. The molecule has 4 atom stereocenters. The Labute approximate surface area is 196 Å². The van der Waals surface area contributed by atoms with Crippen LogP contribution in [-0.2, 0) is 15.8 Å². The first-order chi connectivity index (χ1) is 15.9. The van der Waals surface area contributed by atoms with Crippen LogP contribution in [0.4, 0.5) is 0 Å². The average Bonchev–Trinajstić information content (AvgIpc) is 3.25. The Hall–Kier alpha value is -1.87. The average molecular weight is 470 g/mol. The van der Waals surface area contributed by atoms with Gasteiger partial charge in [0.15, 0.2) is 0 Å². The number of rotatable bonds is 5. The van der Waals surface area contributed by atoms with E-state index < -0.39 is 22.1 Å². The van der Waals surface area contributed by atoms with Crippen molar-refractivity contribution in [3.63, 3.8) is 0 Å². The summed E-state index contributed by atoms with van der Waals surface area (Å²) in [4.78, 5) is 18.8. The van der Waals surface area contributed by atoms with E-state index in [4.69, 9.17) is 0 Å². The number of hydrogen-bond donors (Lipinski definition) is 3. The van der Waals surface area contributed by atoms with Crippen molar-refractivity contribution in [1.82, 2.24) is 14.6 Å². The maximum absolute atomic E-state index is 13.8. The van der Waals surface area contributed by atoms with E-state index in [-0.39, 0.29) is 30.4 Å². The van der Waals surface area contributed by atoms with Gasteiger partial charge in [0.25, 0.3) is 0 Å². The maximum atomic E-state index is 13.8. The number of carbonyl (C=O) groups is 1. The zero-order valence-electron chi connectivity index (χ0n) is 18.7. The van der Waals surface area contributed by atoms with Gasteiger partial charge in [0.1, 0.15) is 16.5 Å². The van der Waals surface area contributed by atoms with Gasteiger partial charge in [-0.2, -0.15) is 0 Å². The predicted molar refractivity (Wildman–Crippen MR) is 124 cm³/mol. The molecule has 0 radical (unpaired) electrons. The molecule has 2 heterocycles. The molecule has 8 heteroatoms. The fourth-order valence-corrected chi connectivity index (χ4v) is 9.00. The second kappa shape index (κ2) is 7.83. The highest BCUT2D eigenvalue weighted by Gasteiger charge is 2.57. The van der Waals surface area contributed by atoms with E-state index in [2.05, 4.69) is 10.3 Å². The number of carbonyl (C=O) groups excluding carboxylic acids is 1. The highest BCUT2D eigenvalue weighted by Crippen LogP contribution is 2.55. The molecule has 7 nitrogen and oxygen atoms in total. The minimum Gasteiger partial charge on any atom is -0.394 e. The number of fused-ring (bicyclic) bond motifs is 1. The van der Waals surface area contributed by atoms with Gasteiger partial charge in [-0.25, -0.2) is 8.51 Å². The number of benzene rings is 1. The van der Waals surface area contributed by atoms with Crippen molar-refractivity contribution in [1.29, 1.82) is 0 Å². The Morgan fingerprint density at radius 3 is 2.67 bits per heavy atom. The van der Waals surface area contributed by atoms with Crippen molar-refractivity contribution < 1.29 is 19.2 Å². The molecule has 1 saturated heterocycles. The molecule has 5 aliphatic rings. The van der Waals surface area contributed by atoms with Gasteiger partial charge in [0.05, 0.1) is 22.6 Å². The van der Waals surface area contributed by atoms with E-state index in [0.29, 0.717) is 35.7 Å². The molecule has 1 aliphatic heterocycles. The van der Waals surface area contributed by atoms with Gasteiger partial charge >= 0.3 is 0 Å². The highest BCUT2D eigenvalue weighted by molar-refractivity contribution is 7.83. The van der Waals surface area contributed by atoms with Crippen LogP contribution in [0, 0.1) is 17.8 Å². The van der Waals surface area contributed by atoms with E-state index in [0.717, 1.165) is 37.5 Å². The van der Waals surface area contributed by atoms with Crippen LogP contribution in [-0.4, -0.2) is 60.0 Å². The molecular formula is C25H31N3O4S. The minimum absolute atomic E-state index is 0.0212. The number of hydrogen-bond acceptors (Lipinski definition) is 5. The van der Waals surface area contributed by atoms with Gasteiger partial charge in [-0.3, -0.25) is 9.78 Å². The molecule has 2 aromatic rings. The lowest BCUT2D eigenvalue weighted by atomic mass is 9.52. The van der Waals surface area contributed by atoms with Gasteiger partial charge in [0, 0.05) is 24.2 Å². The fourth-order valence-electron chi connectivity index (χ4n) is 7.39. The molecule has 4 unspecified atom stereocenters. The fraction of sp³-hybridized carbons (Fsp3) is 0.600. The molecule has 5 fully saturated rings. The van der Waals surface area contributed by atoms with Crippen molar-refractivity contribution >= 4 is 27.8 Å². The van der Waals surface area contributed by atoms with Crippen molar-refractivity contribution in [3.8, 4) is 0 Å². The molecule has 176 valence electrons. The Morgan fingerprint density at radius 2 is 1.94 bits per heavy atom. The van der Waals surface area contributed by atoms with Gasteiger partial charge in [-0.05, 0) is 74.8 Å². The van der Waals surface area contributed by atoms with Crippen LogP contribution in [0.15, 0.2) is 41.4 Å². The lowest BCUT2D eigenvalue weighted by Gasteiger charge is -2.58. The van der Waals surface area contributed by atoms with Crippen LogP contribution in [0.1, 0.15) is 44.9 Å². The lowest BCUT2D eigenvalue weighted by Crippen LogP contribution is -2.66. The molecule has 4 aliphatic carbocycles. The van der Waals surface area contributed by atoms with Crippen LogP contribution < -0.4 is 5.32 Å². The minimum atomic E-state index is -1.63. The van der Waals surface area contributed by atoms with E-state index in [1.54, 1.807) is 16.6 Å². The first-order valence-corrected chi connectivity index (χ1v) is 13.2. The van der Waals surface area contributed by atoms with Gasteiger partial charge in [-0.1, -0.05) is 18.2 Å². The summed E-state index contributed by atoms with van der Waals surface area (Å²) in [5.74, 6) is 0.891. The summed E-state index contributed by atoms with van der Waals surface area (Å²) < 4.78 is 15.5. The lowest BCUT2D eigenvalue weighted by molar-refractivity contribution is -0.151. The van der Waals surface area contributed by atoms with Crippen molar-refractivity contribution in [2.75, 3.05) is 13.2 Å². The standard InChI is InChI=1S/C25H31N3O4S/c29-15-25(23(30)27-21-18-10-16-11-19(21)14-24(31,12-16)13-18)7-3-9-28(25)33(32)20-6-1-4-17-5-2-8-26-22(17)20/h1-2,4-6,8,16,18-19,21,29,31H,3,7,9-15H2,(H,27,30). The molecule has 3 N–H and O–H groups in total. The smallest absolute Gasteiger partial charge is 0.244 e. The third kappa shape index (κ3) is 3.37. The molecular weight excluding hydrogens is 438 g/mol. The summed E-state index contributed by atoms with van der Waals surface area (Å²) in [6.45, 7) is 0.0978. The summed E-state index contributed by atoms with van der Waals surface area (Å²) >= 11 is 0. The number of nitrogens with one attached hydrogen (secondary N) is 1. The number of aliphatic hydroxyl groups is 2. The largest absolute Gasteiger partial charge is 0.394 e. The monoisotopic (exact) mass is 469 g/mol. The van der Waals surface area contributed by atoms with Crippen molar-refractivity contribution in [2.24, 2.45) is 17.8 Å². The molecule has 7 rings (SSSR count). The Bertz CT molecular complexity index is 1100. The van der Waals surface area contributed by atoms with E-state index in [1.165, 1.54) is 0 Å². The predicted octanol–water partition coefficient (Wildman–Crippen LogP) is 2.14. The maximum Gasteiger partial charge on any atom is 0.244 e. The van der Waals surface area contributed by atoms with Gasteiger partial charge in [0.2, 0.25) is 5.91 Å². The molecule has 1 amide bonds. The topological polar surface area (TPSA) is 103 Å². The summed E-state index contributed by atoms with van der Waals surface area (Å²) in [7, 11) is -1.63. The zero-order chi connectivity index (χ0) is 22.8. The molecule has 1 aromatic carbocycles. The third-order valence-corrected chi connectivity index (χ3v) is 10.3. The number of nitrogens with zero attached hydrogens (tertiary/aromatic N) is 2. The Morgan fingerprint density at radius 1 is 1.18 bits per heavy atom. The first kappa shape index (κ1) is 21.6. The van der Waals surface area contributed by atoms with Crippen molar-refractivity contribution in [2.45, 2.75) is 67.0 Å². The van der Waals surface area contributed by atoms with E-state index >= 15 is 0 Å². The molecule has 33 heavy (non-hydrogen) atoms. The molecule has 4 saturated carbocycles. The molecule has 0 spiro atoms. The third-order valence-electron chi connectivity index (χ3n) is 8.64. The molecule has 1 aromatic heterocycles. The van der Waals surface area contributed by atoms with Crippen LogP contribution in [0.3, 0.4) is 0 Å².